The van der Waals surface area contributed by atoms with Gasteiger partial charge in [0, 0.05) is 5.56 Å². The molecule has 1 atom stereocenters. The van der Waals surface area contributed by atoms with Crippen LogP contribution in [0.4, 0.5) is 0 Å². The van der Waals surface area contributed by atoms with Crippen LogP contribution in [0, 0.1) is 14.9 Å². The number of halogens is 1. The highest BCUT2D eigenvalue weighted by Crippen LogP contribution is 2.39. The summed E-state index contributed by atoms with van der Waals surface area (Å²) in [5.74, 6) is 1.23. The van der Waals surface area contributed by atoms with Gasteiger partial charge in [-0.3, -0.25) is 9.36 Å². The highest BCUT2D eigenvalue weighted by Gasteiger charge is 2.35. The summed E-state index contributed by atoms with van der Waals surface area (Å²) in [7, 11) is 4.57. The van der Waals surface area contributed by atoms with Crippen molar-refractivity contribution in [3.05, 3.63) is 106 Å². The highest BCUT2D eigenvalue weighted by atomic mass is 127. The maximum absolute atomic E-state index is 14.3. The summed E-state index contributed by atoms with van der Waals surface area (Å²) in [6, 6.07) is 19.3. The van der Waals surface area contributed by atoms with Crippen LogP contribution in [-0.4, -0.2) is 45.1 Å². The molecule has 0 saturated carbocycles. The fraction of sp³-hybridized carbons (Fsp3) is 0.212. The third-order valence-corrected chi connectivity index (χ3v) is 8.71. The maximum Gasteiger partial charge on any atom is 0.338 e. The van der Waals surface area contributed by atoms with Crippen molar-refractivity contribution in [3.8, 4) is 29.1 Å². The summed E-state index contributed by atoms with van der Waals surface area (Å²) in [4.78, 5) is 33.3. The molecule has 0 aliphatic carbocycles. The molecule has 2 heterocycles. The second-order valence-electron chi connectivity index (χ2n) is 9.53. The van der Waals surface area contributed by atoms with Crippen molar-refractivity contribution in [1.82, 2.24) is 4.57 Å². The van der Waals surface area contributed by atoms with Crippen molar-refractivity contribution in [3.63, 3.8) is 0 Å². The second-order valence-corrected chi connectivity index (χ2v) is 11.7. The summed E-state index contributed by atoms with van der Waals surface area (Å²) in [6.07, 6.45) is 1.74. The van der Waals surface area contributed by atoms with Crippen LogP contribution in [0.1, 0.15) is 29.7 Å². The molecule has 1 aliphatic heterocycles. The molecule has 45 heavy (non-hydrogen) atoms. The van der Waals surface area contributed by atoms with Crippen LogP contribution in [0.25, 0.3) is 11.8 Å². The first-order valence-corrected chi connectivity index (χ1v) is 15.6. The van der Waals surface area contributed by atoms with Gasteiger partial charge in [0.1, 0.15) is 6.07 Å². The summed E-state index contributed by atoms with van der Waals surface area (Å²) in [5.41, 5.74) is 2.30. The molecule has 0 unspecified atom stereocenters. The number of methoxy groups -OCH3 is 3. The summed E-state index contributed by atoms with van der Waals surface area (Å²) < 4.78 is 30.3. The van der Waals surface area contributed by atoms with Crippen LogP contribution in [-0.2, 0) is 9.53 Å². The lowest BCUT2D eigenvalue weighted by atomic mass is 9.93. The van der Waals surface area contributed by atoms with E-state index in [1.165, 1.54) is 37.2 Å². The molecule has 0 fully saturated rings. The number of hydrogen-bond acceptors (Lipinski definition) is 10. The Balaban J connectivity index is 1.80. The van der Waals surface area contributed by atoms with E-state index in [1.807, 2.05) is 42.5 Å². The van der Waals surface area contributed by atoms with E-state index in [-0.39, 0.29) is 24.3 Å². The van der Waals surface area contributed by atoms with E-state index >= 15 is 0 Å². The Kier molecular flexibility index (Phi) is 9.90. The van der Waals surface area contributed by atoms with E-state index in [9.17, 15) is 9.59 Å². The average molecular weight is 738 g/mol. The topological polar surface area (TPSA) is 121 Å². The molecule has 10 nitrogen and oxygen atoms in total. The van der Waals surface area contributed by atoms with E-state index in [2.05, 4.69) is 22.6 Å². The second kappa shape index (κ2) is 14.0. The predicted molar refractivity (Wildman–Crippen MR) is 177 cm³/mol. The number of carbonyl (C=O) groups excluding carboxylic acids is 1. The van der Waals surface area contributed by atoms with Gasteiger partial charge in [-0.1, -0.05) is 47.7 Å². The van der Waals surface area contributed by atoms with Crippen molar-refractivity contribution in [2.75, 3.05) is 34.5 Å². The Labute approximate surface area is 276 Å². The molecular weight excluding hydrogens is 709 g/mol. The van der Waals surface area contributed by atoms with Crippen LogP contribution >= 0.6 is 33.9 Å². The number of nitrogens with zero attached hydrogens (tertiary/aromatic N) is 3. The molecule has 0 bridgehead atoms. The molecule has 4 aromatic rings. The van der Waals surface area contributed by atoms with Gasteiger partial charge in [0.15, 0.2) is 34.4 Å². The van der Waals surface area contributed by atoms with Gasteiger partial charge in [0.2, 0.25) is 0 Å². The largest absolute Gasteiger partial charge is 0.493 e. The molecule has 0 N–H and O–H groups in total. The van der Waals surface area contributed by atoms with Crippen LogP contribution in [0.2, 0.25) is 0 Å². The minimum atomic E-state index is -0.881. The number of aromatic nitrogens is 1. The minimum Gasteiger partial charge on any atom is -0.493 e. The first-order chi connectivity index (χ1) is 21.8. The fourth-order valence-electron chi connectivity index (χ4n) is 5.00. The molecule has 1 aromatic heterocycles. The number of nitriles is 1. The summed E-state index contributed by atoms with van der Waals surface area (Å²) in [6.45, 7) is 1.74. The number of carbonyl (C=O) groups is 1. The molecular formula is C33H28IN3O7S. The quantitative estimate of drug-likeness (QED) is 0.173. The number of hydrogen-bond donors (Lipinski definition) is 0. The van der Waals surface area contributed by atoms with E-state index in [0.717, 1.165) is 0 Å². The zero-order valence-electron chi connectivity index (χ0n) is 24.8. The van der Waals surface area contributed by atoms with Gasteiger partial charge in [-0.05, 0) is 71.0 Å². The Morgan fingerprint density at radius 1 is 1.04 bits per heavy atom. The van der Waals surface area contributed by atoms with Crippen LogP contribution in [0.5, 0.6) is 23.0 Å². The molecule has 5 rings (SSSR count). The lowest BCUT2D eigenvalue weighted by Gasteiger charge is -2.26. The minimum absolute atomic E-state index is 0.132. The molecule has 1 aliphatic rings. The normalized spacial score (nSPS) is 14.2. The van der Waals surface area contributed by atoms with Gasteiger partial charge < -0.3 is 23.7 Å². The van der Waals surface area contributed by atoms with Gasteiger partial charge in [-0.15, -0.1) is 0 Å². The van der Waals surface area contributed by atoms with Gasteiger partial charge in [-0.25, -0.2) is 9.79 Å². The van der Waals surface area contributed by atoms with Gasteiger partial charge in [-0.2, -0.15) is 5.26 Å². The molecule has 0 amide bonds. The van der Waals surface area contributed by atoms with Crippen LogP contribution in [0.3, 0.4) is 0 Å². The maximum atomic E-state index is 14.3. The molecule has 0 saturated heterocycles. The van der Waals surface area contributed by atoms with E-state index in [0.29, 0.717) is 58.3 Å². The third kappa shape index (κ3) is 6.31. The zero-order chi connectivity index (χ0) is 32.1. The molecule has 3 aromatic carbocycles. The first kappa shape index (κ1) is 31.8. The molecule has 12 heteroatoms. The average Bonchev–Trinajstić information content (AvgIpc) is 3.37. The van der Waals surface area contributed by atoms with E-state index in [1.54, 1.807) is 37.3 Å². The SMILES string of the molecule is CCOC(=O)C1=C(c2ccccc2)N=c2s/c(=C\c3cc(I)c(OCC#N)c(OC)c3)c(=O)n2[C@@H]1c1ccc(OC)c(OC)c1. The number of esters is 1. The lowest BCUT2D eigenvalue weighted by Crippen LogP contribution is -2.40. The monoisotopic (exact) mass is 737 g/mol. The fourth-order valence-corrected chi connectivity index (χ4v) is 6.78. The van der Waals surface area contributed by atoms with E-state index in [4.69, 9.17) is 33.9 Å². The van der Waals surface area contributed by atoms with Gasteiger partial charge in [0.05, 0.1) is 53.4 Å². The summed E-state index contributed by atoms with van der Waals surface area (Å²) in [5, 5.41) is 8.96. The standard InChI is InChI=1S/C33H28IN3O7S/c1-5-43-32(39)27-28(20-9-7-6-8-10-20)36-33-37(29(27)21-11-12-23(40-2)24(18-21)41-3)31(38)26(45-33)17-19-15-22(34)30(44-14-13-35)25(16-19)42-4/h6-12,15-18,29H,5,14H2,1-4H3/b26-17-/t29-/m1/s1. The van der Waals surface area contributed by atoms with Crippen molar-refractivity contribution in [2.24, 2.45) is 4.99 Å². The number of thiazole rings is 1. The van der Waals surface area contributed by atoms with E-state index < -0.39 is 12.0 Å². The van der Waals surface area contributed by atoms with Crippen molar-refractivity contribution in [2.45, 2.75) is 13.0 Å². The molecule has 230 valence electrons. The van der Waals surface area contributed by atoms with Crippen molar-refractivity contribution >= 4 is 51.7 Å². The smallest absolute Gasteiger partial charge is 0.338 e. The zero-order valence-corrected chi connectivity index (χ0v) is 27.8. The Morgan fingerprint density at radius 2 is 1.78 bits per heavy atom. The number of ether oxygens (including phenoxy) is 5. The Hall–Kier alpha value is -4.61. The predicted octanol–water partition coefficient (Wildman–Crippen LogP) is 4.47. The Morgan fingerprint density at radius 3 is 2.44 bits per heavy atom. The van der Waals surface area contributed by atoms with Gasteiger partial charge in [0.25, 0.3) is 5.56 Å². The Bertz CT molecular complexity index is 2010. The molecule has 0 spiro atoms. The lowest BCUT2D eigenvalue weighted by molar-refractivity contribution is -0.138. The first-order valence-electron chi connectivity index (χ1n) is 13.7. The van der Waals surface area contributed by atoms with Crippen molar-refractivity contribution in [1.29, 1.82) is 5.26 Å². The third-order valence-electron chi connectivity index (χ3n) is 6.93. The molecule has 0 radical (unpaired) electrons. The number of fused-ring (bicyclic) bond motifs is 1. The van der Waals surface area contributed by atoms with Crippen LogP contribution < -0.4 is 33.8 Å². The van der Waals surface area contributed by atoms with Crippen molar-refractivity contribution < 1.29 is 28.5 Å². The highest BCUT2D eigenvalue weighted by molar-refractivity contribution is 14.1. The van der Waals surface area contributed by atoms with Crippen LogP contribution in [0.15, 0.2) is 76.0 Å². The number of rotatable bonds is 10. The number of benzene rings is 3. The van der Waals surface area contributed by atoms with Gasteiger partial charge >= 0.3 is 5.97 Å². The summed E-state index contributed by atoms with van der Waals surface area (Å²) >= 11 is 3.30.